The van der Waals surface area contributed by atoms with Crippen molar-refractivity contribution in [2.75, 3.05) is 0 Å². The van der Waals surface area contributed by atoms with Gasteiger partial charge in [-0.15, -0.1) is 22.9 Å². The van der Waals surface area contributed by atoms with Gasteiger partial charge in [0.15, 0.2) is 0 Å². The van der Waals surface area contributed by atoms with E-state index in [1.807, 2.05) is 6.07 Å². The molecular formula is C13H12ClN3S. The molecule has 0 unspecified atom stereocenters. The van der Waals surface area contributed by atoms with Gasteiger partial charge in [0, 0.05) is 11.1 Å². The SMILES string of the molecule is Cc1ccsc1Cn1c(CCl)nc2cnccc21. The van der Waals surface area contributed by atoms with Crippen LogP contribution in [0.15, 0.2) is 29.9 Å². The molecule has 0 bridgehead atoms. The number of aromatic nitrogens is 3. The largest absolute Gasteiger partial charge is 0.322 e. The van der Waals surface area contributed by atoms with Gasteiger partial charge in [0.1, 0.15) is 11.3 Å². The number of hydrogen-bond acceptors (Lipinski definition) is 3. The van der Waals surface area contributed by atoms with E-state index < -0.39 is 0 Å². The van der Waals surface area contributed by atoms with Crippen LogP contribution in [0.3, 0.4) is 0 Å². The third-order valence-corrected chi connectivity index (χ3v) is 4.27. The van der Waals surface area contributed by atoms with Crippen molar-refractivity contribution in [1.29, 1.82) is 0 Å². The molecule has 0 aromatic carbocycles. The monoisotopic (exact) mass is 277 g/mol. The summed E-state index contributed by atoms with van der Waals surface area (Å²) in [5.74, 6) is 1.31. The molecule has 0 spiro atoms. The fraction of sp³-hybridized carbons (Fsp3) is 0.231. The van der Waals surface area contributed by atoms with E-state index in [4.69, 9.17) is 11.6 Å². The summed E-state index contributed by atoms with van der Waals surface area (Å²) in [7, 11) is 0. The van der Waals surface area contributed by atoms with Crippen molar-refractivity contribution in [3.63, 3.8) is 0 Å². The smallest absolute Gasteiger partial charge is 0.125 e. The van der Waals surface area contributed by atoms with Gasteiger partial charge in [-0.1, -0.05) is 0 Å². The minimum atomic E-state index is 0.416. The third-order valence-electron chi connectivity index (χ3n) is 3.02. The van der Waals surface area contributed by atoms with Gasteiger partial charge in [-0.2, -0.15) is 0 Å². The van der Waals surface area contributed by atoms with Crippen LogP contribution >= 0.6 is 22.9 Å². The average Bonchev–Trinajstić information content (AvgIpc) is 2.95. The molecule has 0 N–H and O–H groups in total. The standard InChI is InChI=1S/C13H12ClN3S/c1-9-3-5-18-12(9)8-17-11-2-4-15-7-10(11)16-13(17)6-14/h2-5,7H,6,8H2,1H3. The number of pyridine rings is 1. The average molecular weight is 278 g/mol. The van der Waals surface area contributed by atoms with Gasteiger partial charge in [-0.05, 0) is 30.0 Å². The molecule has 0 saturated heterocycles. The first kappa shape index (κ1) is 11.7. The zero-order valence-electron chi connectivity index (χ0n) is 9.93. The molecule has 3 aromatic heterocycles. The molecule has 0 radical (unpaired) electrons. The van der Waals surface area contributed by atoms with E-state index in [-0.39, 0.29) is 0 Å². The molecule has 3 aromatic rings. The highest BCUT2D eigenvalue weighted by Crippen LogP contribution is 2.22. The van der Waals surface area contributed by atoms with E-state index in [1.54, 1.807) is 23.7 Å². The number of aryl methyl sites for hydroxylation is 1. The van der Waals surface area contributed by atoms with Crippen molar-refractivity contribution in [2.24, 2.45) is 0 Å². The van der Waals surface area contributed by atoms with E-state index in [2.05, 4.69) is 32.9 Å². The molecule has 0 atom stereocenters. The Morgan fingerprint density at radius 2 is 2.28 bits per heavy atom. The zero-order valence-corrected chi connectivity index (χ0v) is 11.5. The van der Waals surface area contributed by atoms with Crippen molar-refractivity contribution in [3.8, 4) is 0 Å². The lowest BCUT2D eigenvalue weighted by Gasteiger charge is -2.06. The van der Waals surface area contributed by atoms with Gasteiger partial charge in [0.25, 0.3) is 0 Å². The molecule has 0 fully saturated rings. The second-order valence-corrected chi connectivity index (χ2v) is 5.41. The Bertz CT molecular complexity index is 686. The highest BCUT2D eigenvalue weighted by Gasteiger charge is 2.11. The predicted molar refractivity (Wildman–Crippen MR) is 75.2 cm³/mol. The Morgan fingerprint density at radius 3 is 3.00 bits per heavy atom. The van der Waals surface area contributed by atoms with Crippen LogP contribution in [0.25, 0.3) is 11.0 Å². The molecule has 3 nitrogen and oxygen atoms in total. The van der Waals surface area contributed by atoms with E-state index in [1.165, 1.54) is 10.4 Å². The molecule has 0 saturated carbocycles. The zero-order chi connectivity index (χ0) is 12.5. The van der Waals surface area contributed by atoms with E-state index >= 15 is 0 Å². The molecule has 5 heteroatoms. The van der Waals surface area contributed by atoms with Crippen LogP contribution < -0.4 is 0 Å². The highest BCUT2D eigenvalue weighted by atomic mass is 35.5. The normalized spacial score (nSPS) is 11.2. The molecular weight excluding hydrogens is 266 g/mol. The number of nitrogens with zero attached hydrogens (tertiary/aromatic N) is 3. The summed E-state index contributed by atoms with van der Waals surface area (Å²) in [5.41, 5.74) is 3.31. The summed E-state index contributed by atoms with van der Waals surface area (Å²) in [6.45, 7) is 2.96. The van der Waals surface area contributed by atoms with Crippen LogP contribution in [0.4, 0.5) is 0 Å². The van der Waals surface area contributed by atoms with Gasteiger partial charge in [-0.25, -0.2) is 4.98 Å². The lowest BCUT2D eigenvalue weighted by Crippen LogP contribution is -2.03. The van der Waals surface area contributed by atoms with Gasteiger partial charge >= 0.3 is 0 Å². The number of alkyl halides is 1. The van der Waals surface area contributed by atoms with Crippen molar-refractivity contribution >= 4 is 34.0 Å². The summed E-state index contributed by atoms with van der Waals surface area (Å²) < 4.78 is 2.17. The molecule has 0 amide bonds. The summed E-state index contributed by atoms with van der Waals surface area (Å²) in [5, 5.41) is 2.12. The van der Waals surface area contributed by atoms with Gasteiger partial charge < -0.3 is 4.57 Å². The maximum Gasteiger partial charge on any atom is 0.125 e. The Hall–Kier alpha value is -1.39. The van der Waals surface area contributed by atoms with E-state index in [0.717, 1.165) is 23.4 Å². The van der Waals surface area contributed by atoms with Crippen LogP contribution in [0.5, 0.6) is 0 Å². The number of thiophene rings is 1. The second kappa shape index (κ2) is 4.71. The first-order valence-electron chi connectivity index (χ1n) is 5.67. The van der Waals surface area contributed by atoms with Crippen molar-refractivity contribution < 1.29 is 0 Å². The maximum atomic E-state index is 5.98. The van der Waals surface area contributed by atoms with Crippen LogP contribution in [0, 0.1) is 6.92 Å². The minimum absolute atomic E-state index is 0.416. The first-order valence-corrected chi connectivity index (χ1v) is 7.09. The molecule has 0 aliphatic carbocycles. The summed E-state index contributed by atoms with van der Waals surface area (Å²) in [4.78, 5) is 9.96. The summed E-state index contributed by atoms with van der Waals surface area (Å²) in [6, 6.07) is 4.13. The second-order valence-electron chi connectivity index (χ2n) is 4.14. The Balaban J connectivity index is 2.12. The number of rotatable bonds is 3. The Labute approximate surface area is 114 Å². The van der Waals surface area contributed by atoms with Gasteiger partial charge in [0.2, 0.25) is 0 Å². The lowest BCUT2D eigenvalue weighted by atomic mass is 10.3. The lowest BCUT2D eigenvalue weighted by molar-refractivity contribution is 0.786. The number of imidazole rings is 1. The number of hydrogen-bond donors (Lipinski definition) is 0. The number of halogens is 1. The van der Waals surface area contributed by atoms with Crippen LogP contribution in [0.1, 0.15) is 16.3 Å². The fourth-order valence-electron chi connectivity index (χ4n) is 2.02. The van der Waals surface area contributed by atoms with Gasteiger partial charge in [0.05, 0.1) is 24.1 Å². The van der Waals surface area contributed by atoms with E-state index in [0.29, 0.717) is 5.88 Å². The highest BCUT2D eigenvalue weighted by molar-refractivity contribution is 7.10. The Kier molecular flexibility index (Phi) is 3.06. The minimum Gasteiger partial charge on any atom is -0.322 e. The van der Waals surface area contributed by atoms with Crippen LogP contribution in [0.2, 0.25) is 0 Å². The summed E-state index contributed by atoms with van der Waals surface area (Å²) >= 11 is 7.75. The molecule has 3 heterocycles. The maximum absolute atomic E-state index is 5.98. The Morgan fingerprint density at radius 1 is 1.39 bits per heavy atom. The molecule has 0 aliphatic heterocycles. The van der Waals surface area contributed by atoms with Crippen molar-refractivity contribution in [1.82, 2.24) is 14.5 Å². The van der Waals surface area contributed by atoms with Crippen molar-refractivity contribution in [2.45, 2.75) is 19.3 Å². The molecule has 3 rings (SSSR count). The van der Waals surface area contributed by atoms with Crippen LogP contribution in [-0.4, -0.2) is 14.5 Å². The molecule has 18 heavy (non-hydrogen) atoms. The number of fused-ring (bicyclic) bond motifs is 1. The first-order chi connectivity index (χ1) is 8.79. The topological polar surface area (TPSA) is 30.7 Å². The molecule has 92 valence electrons. The van der Waals surface area contributed by atoms with Gasteiger partial charge in [-0.3, -0.25) is 4.98 Å². The van der Waals surface area contributed by atoms with Crippen LogP contribution in [-0.2, 0) is 12.4 Å². The van der Waals surface area contributed by atoms with Crippen molar-refractivity contribution in [3.05, 3.63) is 46.2 Å². The summed E-state index contributed by atoms with van der Waals surface area (Å²) in [6.07, 6.45) is 3.57. The fourth-order valence-corrected chi connectivity index (χ4v) is 3.12. The molecule has 0 aliphatic rings. The third kappa shape index (κ3) is 1.91. The quantitative estimate of drug-likeness (QED) is 0.685. The van der Waals surface area contributed by atoms with E-state index in [9.17, 15) is 0 Å². The predicted octanol–water partition coefficient (Wildman–Crippen LogP) is 3.59.